The van der Waals surface area contributed by atoms with Crippen molar-refractivity contribution in [2.45, 2.75) is 13.3 Å². The van der Waals surface area contributed by atoms with Gasteiger partial charge in [0.05, 0.1) is 11.4 Å². The molecule has 0 fully saturated rings. The molecule has 0 aliphatic heterocycles. The van der Waals surface area contributed by atoms with E-state index < -0.39 is 0 Å². The summed E-state index contributed by atoms with van der Waals surface area (Å²) in [7, 11) is 0. The van der Waals surface area contributed by atoms with E-state index in [4.69, 9.17) is 10.7 Å². The van der Waals surface area contributed by atoms with Gasteiger partial charge in [0.2, 0.25) is 0 Å². The number of fused-ring (bicyclic) bond motifs is 1. The second kappa shape index (κ2) is 6.23. The number of nitrogens with zero attached hydrogens (tertiary/aromatic N) is 2. The van der Waals surface area contributed by atoms with Crippen LogP contribution in [0.4, 0.5) is 0 Å². The van der Waals surface area contributed by atoms with E-state index in [0.29, 0.717) is 6.54 Å². The number of aryl methyl sites for hydroxylation is 1. The number of imidazole rings is 1. The third kappa shape index (κ3) is 2.75. The van der Waals surface area contributed by atoms with Crippen molar-refractivity contribution in [3.63, 3.8) is 0 Å². The van der Waals surface area contributed by atoms with Crippen LogP contribution >= 0.6 is 11.3 Å². The summed E-state index contributed by atoms with van der Waals surface area (Å²) in [4.78, 5) is 5.79. The molecule has 120 valence electrons. The maximum Gasteiger partial charge on any atom is 0.194 e. The van der Waals surface area contributed by atoms with Crippen LogP contribution in [0.15, 0.2) is 60.1 Å². The van der Waals surface area contributed by atoms with Gasteiger partial charge in [0, 0.05) is 17.1 Å². The van der Waals surface area contributed by atoms with Gasteiger partial charge in [0.15, 0.2) is 4.96 Å². The van der Waals surface area contributed by atoms with E-state index in [1.807, 2.05) is 0 Å². The lowest BCUT2D eigenvalue weighted by molar-refractivity contribution is 0.969. The van der Waals surface area contributed by atoms with Gasteiger partial charge in [0.25, 0.3) is 0 Å². The van der Waals surface area contributed by atoms with Crippen molar-refractivity contribution in [1.82, 2.24) is 9.38 Å². The molecule has 0 saturated heterocycles. The average molecular weight is 333 g/mol. The van der Waals surface area contributed by atoms with Gasteiger partial charge in [-0.3, -0.25) is 4.40 Å². The molecule has 0 amide bonds. The second-order valence-electron chi connectivity index (χ2n) is 6.00. The molecule has 2 N–H and O–H groups in total. The Hall–Kier alpha value is -2.43. The van der Waals surface area contributed by atoms with Crippen molar-refractivity contribution in [3.05, 3.63) is 71.2 Å². The molecule has 3 nitrogen and oxygen atoms in total. The van der Waals surface area contributed by atoms with Crippen molar-refractivity contribution in [1.29, 1.82) is 0 Å². The minimum Gasteiger partial charge on any atom is -0.330 e. The van der Waals surface area contributed by atoms with Crippen LogP contribution < -0.4 is 5.73 Å². The van der Waals surface area contributed by atoms with E-state index in [0.717, 1.165) is 22.6 Å². The van der Waals surface area contributed by atoms with Crippen molar-refractivity contribution < 1.29 is 0 Å². The lowest BCUT2D eigenvalue weighted by Crippen LogP contribution is -2.02. The Morgan fingerprint density at radius 3 is 2.42 bits per heavy atom. The lowest BCUT2D eigenvalue weighted by atomic mass is 10.1. The number of hydrogen-bond acceptors (Lipinski definition) is 3. The van der Waals surface area contributed by atoms with Crippen LogP contribution in [0.3, 0.4) is 0 Å². The zero-order valence-corrected chi connectivity index (χ0v) is 14.4. The first-order valence-electron chi connectivity index (χ1n) is 8.07. The third-order valence-corrected chi connectivity index (χ3v) is 5.08. The number of hydrogen-bond donors (Lipinski definition) is 1. The summed E-state index contributed by atoms with van der Waals surface area (Å²) in [5, 5.41) is 2.17. The fourth-order valence-electron chi connectivity index (χ4n) is 2.86. The molecule has 24 heavy (non-hydrogen) atoms. The highest BCUT2D eigenvalue weighted by Crippen LogP contribution is 2.29. The zero-order chi connectivity index (χ0) is 16.5. The molecule has 0 saturated carbocycles. The van der Waals surface area contributed by atoms with Crippen LogP contribution in [0.2, 0.25) is 0 Å². The van der Waals surface area contributed by atoms with Gasteiger partial charge in [-0.2, -0.15) is 0 Å². The second-order valence-corrected chi connectivity index (χ2v) is 6.84. The van der Waals surface area contributed by atoms with Crippen LogP contribution in [0, 0.1) is 6.92 Å². The Balaban J connectivity index is 1.73. The first-order valence-corrected chi connectivity index (χ1v) is 8.95. The van der Waals surface area contributed by atoms with Crippen molar-refractivity contribution in [2.24, 2.45) is 5.73 Å². The summed E-state index contributed by atoms with van der Waals surface area (Å²) in [5.74, 6) is 0. The van der Waals surface area contributed by atoms with Gasteiger partial charge in [0.1, 0.15) is 0 Å². The molecule has 4 rings (SSSR count). The maximum atomic E-state index is 5.62. The molecule has 0 unspecified atom stereocenters. The van der Waals surface area contributed by atoms with Crippen molar-refractivity contribution in [3.8, 4) is 22.5 Å². The predicted octanol–water partition coefficient (Wildman–Crippen LogP) is 4.54. The smallest absolute Gasteiger partial charge is 0.194 e. The lowest BCUT2D eigenvalue weighted by Gasteiger charge is -2.02. The van der Waals surface area contributed by atoms with E-state index in [-0.39, 0.29) is 0 Å². The van der Waals surface area contributed by atoms with Gasteiger partial charge in [-0.05, 0) is 31.0 Å². The van der Waals surface area contributed by atoms with E-state index in [9.17, 15) is 0 Å². The molecular weight excluding hydrogens is 314 g/mol. The Labute approximate surface area is 145 Å². The number of thiazole rings is 1. The van der Waals surface area contributed by atoms with Crippen molar-refractivity contribution >= 4 is 16.3 Å². The van der Waals surface area contributed by atoms with Gasteiger partial charge < -0.3 is 5.73 Å². The molecule has 0 aliphatic carbocycles. The molecule has 2 aromatic heterocycles. The standard InChI is InChI=1S/C20H19N3S/c1-14-2-6-16(7-3-14)18-12-23-19(13-24-20(23)22-18)17-8-4-15(5-9-17)10-11-21/h2-9,12-13H,10-11,21H2,1H3. The molecular formula is C20H19N3S. The number of aromatic nitrogens is 2. The number of benzene rings is 2. The third-order valence-electron chi connectivity index (χ3n) is 4.24. The predicted molar refractivity (Wildman–Crippen MR) is 101 cm³/mol. The quantitative estimate of drug-likeness (QED) is 0.596. The van der Waals surface area contributed by atoms with Gasteiger partial charge in [-0.1, -0.05) is 54.1 Å². The van der Waals surface area contributed by atoms with Crippen LogP contribution in [-0.4, -0.2) is 15.9 Å². The van der Waals surface area contributed by atoms with Crippen LogP contribution in [0.25, 0.3) is 27.5 Å². The summed E-state index contributed by atoms with van der Waals surface area (Å²) < 4.78 is 2.18. The average Bonchev–Trinajstić information content (AvgIpc) is 3.17. The zero-order valence-electron chi connectivity index (χ0n) is 13.6. The normalized spacial score (nSPS) is 11.2. The summed E-state index contributed by atoms with van der Waals surface area (Å²) in [6, 6.07) is 17.1. The van der Waals surface area contributed by atoms with E-state index in [2.05, 4.69) is 71.4 Å². The largest absolute Gasteiger partial charge is 0.330 e. The first-order chi connectivity index (χ1) is 11.7. The Morgan fingerprint density at radius 1 is 1.00 bits per heavy atom. The maximum absolute atomic E-state index is 5.62. The number of nitrogens with two attached hydrogens (primary N) is 1. The molecule has 0 spiro atoms. The van der Waals surface area contributed by atoms with Crippen LogP contribution in [0.1, 0.15) is 11.1 Å². The van der Waals surface area contributed by atoms with Crippen LogP contribution in [-0.2, 0) is 6.42 Å². The van der Waals surface area contributed by atoms with E-state index >= 15 is 0 Å². The van der Waals surface area contributed by atoms with E-state index in [1.54, 1.807) is 11.3 Å². The Kier molecular flexibility index (Phi) is 3.92. The van der Waals surface area contributed by atoms with Crippen molar-refractivity contribution in [2.75, 3.05) is 6.54 Å². The highest BCUT2D eigenvalue weighted by atomic mass is 32.1. The minimum absolute atomic E-state index is 0.684. The highest BCUT2D eigenvalue weighted by molar-refractivity contribution is 7.15. The Bertz CT molecular complexity index is 962. The SMILES string of the molecule is Cc1ccc(-c2cn3c(-c4ccc(CCN)cc4)csc3n2)cc1. The molecule has 2 aromatic carbocycles. The number of rotatable bonds is 4. The first kappa shape index (κ1) is 15.1. The summed E-state index contributed by atoms with van der Waals surface area (Å²) in [6.45, 7) is 2.78. The Morgan fingerprint density at radius 2 is 1.71 bits per heavy atom. The van der Waals surface area contributed by atoms with E-state index in [1.165, 1.54) is 22.4 Å². The topological polar surface area (TPSA) is 43.3 Å². The highest BCUT2D eigenvalue weighted by Gasteiger charge is 2.11. The molecule has 0 radical (unpaired) electrons. The summed E-state index contributed by atoms with van der Waals surface area (Å²) >= 11 is 1.67. The molecule has 0 aliphatic rings. The molecule has 0 bridgehead atoms. The molecule has 0 atom stereocenters. The fourth-order valence-corrected chi connectivity index (χ4v) is 3.75. The summed E-state index contributed by atoms with van der Waals surface area (Å²) in [6.07, 6.45) is 3.04. The fraction of sp³-hybridized carbons (Fsp3) is 0.150. The van der Waals surface area contributed by atoms with Crippen LogP contribution in [0.5, 0.6) is 0 Å². The molecule has 4 heteroatoms. The minimum atomic E-state index is 0.684. The monoisotopic (exact) mass is 333 g/mol. The van der Waals surface area contributed by atoms with Gasteiger partial charge >= 0.3 is 0 Å². The summed E-state index contributed by atoms with van der Waals surface area (Å²) in [5.41, 5.74) is 12.7. The molecule has 2 heterocycles. The molecule has 4 aromatic rings. The van der Waals surface area contributed by atoms with Gasteiger partial charge in [-0.25, -0.2) is 4.98 Å². The van der Waals surface area contributed by atoms with Gasteiger partial charge in [-0.15, -0.1) is 11.3 Å².